The van der Waals surface area contributed by atoms with Gasteiger partial charge >= 0.3 is 0 Å². The third-order valence-electron chi connectivity index (χ3n) is 7.95. The fraction of sp³-hybridized carbons (Fsp3) is 0.625. The van der Waals surface area contributed by atoms with Crippen LogP contribution in [0, 0.1) is 29.1 Å². The molecule has 2 fully saturated rings. The molecular weight excluding hydrogens is 320 g/mol. The van der Waals surface area contributed by atoms with Gasteiger partial charge in [0.15, 0.2) is 0 Å². The smallest absolute Gasteiger partial charge is 0.142 e. The fourth-order valence-electron chi connectivity index (χ4n) is 6.65. The number of allylic oxidation sites excluding steroid dienone is 1. The molecule has 0 spiro atoms. The van der Waals surface area contributed by atoms with Crippen LogP contribution in [0.15, 0.2) is 30.9 Å². The predicted octanol–water partition coefficient (Wildman–Crippen LogP) is 5.56. The number of hydrogen-bond donors (Lipinski definition) is 0. The normalized spacial score (nSPS) is 38.3. The molecule has 0 heterocycles. The second-order valence-electron chi connectivity index (χ2n) is 9.00. The highest BCUT2D eigenvalue weighted by Gasteiger charge is 2.59. The Labute approximate surface area is 158 Å². The molecule has 26 heavy (non-hydrogen) atoms. The number of methoxy groups -OCH3 is 1. The van der Waals surface area contributed by atoms with E-state index < -0.39 is 0 Å². The third kappa shape index (κ3) is 2.48. The lowest BCUT2D eigenvalue weighted by Gasteiger charge is -2.51. The standard InChI is InChI=1S/C24H32O2/c1-5-7-16-14-21-22-15(6-2)12-17-13-18(26-4)8-9-19(17)20(22)10-11-24(21,3)23(16)25/h5,8-9,13,15-16,20-22H,1,6-7,10-12,14H2,2-4H3. The van der Waals surface area contributed by atoms with Gasteiger partial charge in [0, 0.05) is 11.3 Å². The van der Waals surface area contributed by atoms with Gasteiger partial charge in [-0.1, -0.05) is 32.4 Å². The molecule has 2 heteroatoms. The highest BCUT2D eigenvalue weighted by molar-refractivity contribution is 5.89. The Bertz CT molecular complexity index is 721. The molecule has 0 radical (unpaired) electrons. The highest BCUT2D eigenvalue weighted by atomic mass is 16.5. The number of Topliss-reactive ketones (excluding diaryl/α,β-unsaturated/α-hetero) is 1. The van der Waals surface area contributed by atoms with Gasteiger partial charge in [-0.2, -0.15) is 0 Å². The Balaban J connectivity index is 1.73. The Morgan fingerprint density at radius 1 is 1.38 bits per heavy atom. The van der Waals surface area contributed by atoms with Crippen LogP contribution in [0.2, 0.25) is 0 Å². The maximum atomic E-state index is 13.2. The van der Waals surface area contributed by atoms with Crippen molar-refractivity contribution in [1.82, 2.24) is 0 Å². The first-order chi connectivity index (χ1) is 12.5. The molecule has 6 atom stereocenters. The number of carbonyl (C=O) groups is 1. The summed E-state index contributed by atoms with van der Waals surface area (Å²) in [5.74, 6) is 4.19. The van der Waals surface area contributed by atoms with Gasteiger partial charge in [-0.15, -0.1) is 6.58 Å². The van der Waals surface area contributed by atoms with E-state index in [0.717, 1.165) is 37.9 Å². The average Bonchev–Trinajstić information content (AvgIpc) is 2.91. The molecule has 0 aromatic heterocycles. The van der Waals surface area contributed by atoms with Crippen molar-refractivity contribution in [3.05, 3.63) is 42.0 Å². The van der Waals surface area contributed by atoms with Crippen LogP contribution in [0.3, 0.4) is 0 Å². The van der Waals surface area contributed by atoms with Crippen LogP contribution in [0.1, 0.15) is 63.0 Å². The molecule has 1 aromatic rings. The van der Waals surface area contributed by atoms with Crippen molar-refractivity contribution < 1.29 is 9.53 Å². The lowest BCUT2D eigenvalue weighted by atomic mass is 9.52. The van der Waals surface area contributed by atoms with Crippen LogP contribution in [-0.2, 0) is 11.2 Å². The molecule has 3 aliphatic rings. The number of benzene rings is 1. The summed E-state index contributed by atoms with van der Waals surface area (Å²) < 4.78 is 5.47. The number of rotatable bonds is 4. The molecule has 0 saturated heterocycles. The molecule has 4 rings (SSSR count). The van der Waals surface area contributed by atoms with E-state index in [-0.39, 0.29) is 11.3 Å². The van der Waals surface area contributed by atoms with Crippen LogP contribution >= 0.6 is 0 Å². The minimum Gasteiger partial charge on any atom is -0.497 e. The first-order valence-corrected chi connectivity index (χ1v) is 10.4. The molecule has 6 unspecified atom stereocenters. The first-order valence-electron chi connectivity index (χ1n) is 10.4. The average molecular weight is 353 g/mol. The Kier molecular flexibility index (Phi) is 4.49. The Morgan fingerprint density at radius 2 is 2.19 bits per heavy atom. The number of hydrogen-bond acceptors (Lipinski definition) is 2. The van der Waals surface area contributed by atoms with E-state index in [4.69, 9.17) is 4.74 Å². The van der Waals surface area contributed by atoms with Crippen LogP contribution in [0.4, 0.5) is 0 Å². The van der Waals surface area contributed by atoms with Crippen LogP contribution in [-0.4, -0.2) is 12.9 Å². The highest BCUT2D eigenvalue weighted by Crippen LogP contribution is 2.62. The minimum absolute atomic E-state index is 0.105. The van der Waals surface area contributed by atoms with Crippen molar-refractivity contribution in [3.8, 4) is 5.75 Å². The van der Waals surface area contributed by atoms with Gasteiger partial charge in [0.2, 0.25) is 0 Å². The lowest BCUT2D eigenvalue weighted by Crippen LogP contribution is -2.46. The van der Waals surface area contributed by atoms with E-state index in [2.05, 4.69) is 38.6 Å². The van der Waals surface area contributed by atoms with E-state index in [1.54, 1.807) is 7.11 Å². The van der Waals surface area contributed by atoms with Crippen LogP contribution in [0.5, 0.6) is 5.75 Å². The summed E-state index contributed by atoms with van der Waals surface area (Å²) in [6.45, 7) is 8.50. The van der Waals surface area contributed by atoms with Gasteiger partial charge in [0.1, 0.15) is 11.5 Å². The summed E-state index contributed by atoms with van der Waals surface area (Å²) in [6.07, 6.45) is 8.41. The first kappa shape index (κ1) is 17.8. The molecular formula is C24H32O2. The van der Waals surface area contributed by atoms with Crippen molar-refractivity contribution in [3.63, 3.8) is 0 Å². The van der Waals surface area contributed by atoms with E-state index >= 15 is 0 Å². The lowest BCUT2D eigenvalue weighted by molar-refractivity contribution is -0.132. The molecule has 2 saturated carbocycles. The summed E-state index contributed by atoms with van der Waals surface area (Å²) >= 11 is 0. The fourth-order valence-corrected chi connectivity index (χ4v) is 6.65. The van der Waals surface area contributed by atoms with Gasteiger partial charge < -0.3 is 4.74 Å². The second kappa shape index (κ2) is 6.55. The van der Waals surface area contributed by atoms with Gasteiger partial charge in [0.25, 0.3) is 0 Å². The molecule has 0 N–H and O–H groups in total. The van der Waals surface area contributed by atoms with Gasteiger partial charge in [-0.25, -0.2) is 0 Å². The van der Waals surface area contributed by atoms with Crippen molar-refractivity contribution in [2.75, 3.05) is 7.11 Å². The van der Waals surface area contributed by atoms with Gasteiger partial charge in [-0.05, 0) is 79.0 Å². The number of ketones is 1. The zero-order chi connectivity index (χ0) is 18.5. The predicted molar refractivity (Wildman–Crippen MR) is 105 cm³/mol. The summed E-state index contributed by atoms with van der Waals surface area (Å²) in [4.78, 5) is 13.2. The Morgan fingerprint density at radius 3 is 2.88 bits per heavy atom. The summed E-state index contributed by atoms with van der Waals surface area (Å²) in [6, 6.07) is 6.68. The van der Waals surface area contributed by atoms with Crippen molar-refractivity contribution in [2.24, 2.45) is 29.1 Å². The van der Waals surface area contributed by atoms with Crippen molar-refractivity contribution in [2.45, 2.75) is 58.3 Å². The topological polar surface area (TPSA) is 26.3 Å². The molecule has 0 amide bonds. The molecule has 3 aliphatic carbocycles. The van der Waals surface area contributed by atoms with Crippen molar-refractivity contribution in [1.29, 1.82) is 0 Å². The minimum atomic E-state index is -0.105. The summed E-state index contributed by atoms with van der Waals surface area (Å²) in [5, 5.41) is 0. The SMILES string of the molecule is C=CCC1CC2C3C(CC)Cc4cc(OC)ccc4C3CCC2(C)C1=O. The summed E-state index contributed by atoms with van der Waals surface area (Å²) in [7, 11) is 1.75. The van der Waals surface area contributed by atoms with Gasteiger partial charge in [-0.3, -0.25) is 4.79 Å². The maximum Gasteiger partial charge on any atom is 0.142 e. The quantitative estimate of drug-likeness (QED) is 0.663. The second-order valence-corrected chi connectivity index (χ2v) is 9.00. The Hall–Kier alpha value is -1.57. The van der Waals surface area contributed by atoms with E-state index in [0.29, 0.717) is 29.5 Å². The number of fused-ring (bicyclic) bond motifs is 5. The van der Waals surface area contributed by atoms with E-state index in [9.17, 15) is 4.79 Å². The largest absolute Gasteiger partial charge is 0.497 e. The molecule has 140 valence electrons. The van der Waals surface area contributed by atoms with E-state index in [1.165, 1.54) is 17.5 Å². The number of carbonyl (C=O) groups excluding carboxylic acids is 1. The summed E-state index contributed by atoms with van der Waals surface area (Å²) in [5.41, 5.74) is 2.90. The molecule has 1 aromatic carbocycles. The van der Waals surface area contributed by atoms with Crippen LogP contribution in [0.25, 0.3) is 0 Å². The third-order valence-corrected chi connectivity index (χ3v) is 7.95. The van der Waals surface area contributed by atoms with Crippen molar-refractivity contribution >= 4 is 5.78 Å². The maximum absolute atomic E-state index is 13.2. The van der Waals surface area contributed by atoms with Crippen LogP contribution < -0.4 is 4.74 Å². The molecule has 2 nitrogen and oxygen atoms in total. The molecule has 0 bridgehead atoms. The van der Waals surface area contributed by atoms with Gasteiger partial charge in [0.05, 0.1) is 7.11 Å². The zero-order valence-corrected chi connectivity index (χ0v) is 16.5. The molecule has 0 aliphatic heterocycles. The zero-order valence-electron chi connectivity index (χ0n) is 16.5. The monoisotopic (exact) mass is 352 g/mol. The number of ether oxygens (including phenoxy) is 1. The van der Waals surface area contributed by atoms with E-state index in [1.807, 2.05) is 6.08 Å².